The molecule has 0 bridgehead atoms. The maximum atomic E-state index is 12.7. The zero-order chi connectivity index (χ0) is 16.3. The van der Waals surface area contributed by atoms with Gasteiger partial charge in [-0.2, -0.15) is 0 Å². The average molecular weight is 335 g/mol. The highest BCUT2D eigenvalue weighted by Gasteiger charge is 2.31. The molecular weight excluding hydrogens is 310 g/mol. The van der Waals surface area contributed by atoms with Crippen LogP contribution in [0.1, 0.15) is 54.9 Å². The molecule has 1 N–H and O–H groups in total. The Labute approximate surface area is 138 Å². The molecule has 0 saturated heterocycles. The van der Waals surface area contributed by atoms with Crippen LogP contribution in [0.4, 0.5) is 0 Å². The van der Waals surface area contributed by atoms with E-state index >= 15 is 0 Å². The van der Waals surface area contributed by atoms with Crippen molar-refractivity contribution < 1.29 is 13.2 Å². The number of nitrogens with one attached hydrogen (secondary N) is 1. The van der Waals surface area contributed by atoms with Gasteiger partial charge in [0.05, 0.1) is 11.0 Å². The van der Waals surface area contributed by atoms with Crippen LogP contribution in [-0.2, 0) is 21.1 Å². The molecule has 1 aromatic rings. The predicted octanol–water partition coefficient (Wildman–Crippen LogP) is 2.79. The number of rotatable bonds is 5. The molecule has 2 aliphatic rings. The van der Waals surface area contributed by atoms with Gasteiger partial charge in [0.15, 0.2) is 9.84 Å². The van der Waals surface area contributed by atoms with Crippen LogP contribution in [0.3, 0.4) is 0 Å². The highest BCUT2D eigenvalue weighted by molar-refractivity contribution is 7.91. The molecule has 1 fully saturated rings. The number of carbonyl (C=O) groups excluding carboxylic acids is 1. The molecule has 1 atom stereocenters. The van der Waals surface area contributed by atoms with E-state index < -0.39 is 15.1 Å². The largest absolute Gasteiger partial charge is 0.355 e. The Morgan fingerprint density at radius 2 is 1.83 bits per heavy atom. The lowest BCUT2D eigenvalue weighted by atomic mass is 9.91. The van der Waals surface area contributed by atoms with Gasteiger partial charge in [0.25, 0.3) is 0 Å². The monoisotopic (exact) mass is 335 g/mol. The lowest BCUT2D eigenvalue weighted by molar-refractivity contribution is -0.124. The molecule has 2 aliphatic carbocycles. The minimum absolute atomic E-state index is 0.0294. The first-order valence-corrected chi connectivity index (χ1v) is 10.4. The number of sulfone groups is 1. The molecule has 0 aliphatic heterocycles. The Hall–Kier alpha value is -1.36. The van der Waals surface area contributed by atoms with E-state index in [-0.39, 0.29) is 24.1 Å². The Balaban J connectivity index is 1.60. The van der Waals surface area contributed by atoms with Crippen LogP contribution in [0.25, 0.3) is 0 Å². The van der Waals surface area contributed by atoms with E-state index in [0.29, 0.717) is 6.42 Å². The van der Waals surface area contributed by atoms with Crippen LogP contribution in [0, 0.1) is 5.92 Å². The minimum Gasteiger partial charge on any atom is -0.355 e. The van der Waals surface area contributed by atoms with E-state index in [0.717, 1.165) is 49.7 Å². The van der Waals surface area contributed by atoms with Crippen molar-refractivity contribution in [3.05, 3.63) is 35.4 Å². The van der Waals surface area contributed by atoms with Crippen molar-refractivity contribution in [3.63, 3.8) is 0 Å². The SMILES string of the molecule is O=C(NCCS(=O)(=O)[C@@H]1CCCc2ccccc21)C1CCCC1. The average Bonchev–Trinajstić information content (AvgIpc) is 3.08. The number of hydrogen-bond acceptors (Lipinski definition) is 3. The second-order valence-electron chi connectivity index (χ2n) is 6.72. The third kappa shape index (κ3) is 3.77. The first kappa shape index (κ1) is 16.5. The normalized spacial score (nSPS) is 21.8. The number of hydrogen-bond donors (Lipinski definition) is 1. The van der Waals surface area contributed by atoms with Gasteiger partial charge in [0, 0.05) is 12.5 Å². The second-order valence-corrected chi connectivity index (χ2v) is 9.02. The predicted molar refractivity (Wildman–Crippen MR) is 90.9 cm³/mol. The Kier molecular flexibility index (Phi) is 5.05. The Morgan fingerprint density at radius 1 is 1.09 bits per heavy atom. The van der Waals surface area contributed by atoms with E-state index in [1.54, 1.807) is 0 Å². The molecule has 126 valence electrons. The lowest BCUT2D eigenvalue weighted by Crippen LogP contribution is -2.34. The number of carbonyl (C=O) groups is 1. The number of amides is 1. The van der Waals surface area contributed by atoms with E-state index in [1.807, 2.05) is 24.3 Å². The third-order valence-corrected chi connectivity index (χ3v) is 7.29. The molecule has 0 heterocycles. The van der Waals surface area contributed by atoms with Crippen LogP contribution in [0.15, 0.2) is 24.3 Å². The topological polar surface area (TPSA) is 63.2 Å². The summed E-state index contributed by atoms with van der Waals surface area (Å²) in [5.74, 6) is 0.152. The number of benzene rings is 1. The van der Waals surface area contributed by atoms with Crippen LogP contribution in [-0.4, -0.2) is 26.6 Å². The summed E-state index contributed by atoms with van der Waals surface area (Å²) in [7, 11) is -3.23. The first-order chi connectivity index (χ1) is 11.1. The molecule has 0 radical (unpaired) electrons. The van der Waals surface area contributed by atoms with E-state index in [1.165, 1.54) is 0 Å². The molecule has 1 aromatic carbocycles. The first-order valence-electron chi connectivity index (χ1n) is 8.65. The summed E-state index contributed by atoms with van der Waals surface area (Å²) in [5, 5.41) is 2.42. The van der Waals surface area contributed by atoms with Gasteiger partial charge in [-0.3, -0.25) is 4.79 Å². The molecule has 0 unspecified atom stereocenters. The van der Waals surface area contributed by atoms with Crippen molar-refractivity contribution in [3.8, 4) is 0 Å². The molecule has 0 spiro atoms. The van der Waals surface area contributed by atoms with Gasteiger partial charge in [-0.15, -0.1) is 0 Å². The quantitative estimate of drug-likeness (QED) is 0.900. The van der Waals surface area contributed by atoms with Crippen molar-refractivity contribution in [1.29, 1.82) is 0 Å². The summed E-state index contributed by atoms with van der Waals surface area (Å²) in [5.41, 5.74) is 2.11. The number of aryl methyl sites for hydroxylation is 1. The summed E-state index contributed by atoms with van der Waals surface area (Å²) < 4.78 is 25.4. The highest BCUT2D eigenvalue weighted by Crippen LogP contribution is 2.35. The zero-order valence-corrected chi connectivity index (χ0v) is 14.3. The van der Waals surface area contributed by atoms with Crippen LogP contribution < -0.4 is 5.32 Å². The van der Waals surface area contributed by atoms with Gasteiger partial charge in [-0.05, 0) is 43.2 Å². The fourth-order valence-corrected chi connectivity index (χ4v) is 5.69. The van der Waals surface area contributed by atoms with Gasteiger partial charge in [0.2, 0.25) is 5.91 Å². The molecule has 23 heavy (non-hydrogen) atoms. The van der Waals surface area contributed by atoms with E-state index in [9.17, 15) is 13.2 Å². The summed E-state index contributed by atoms with van der Waals surface area (Å²) in [4.78, 5) is 12.0. The van der Waals surface area contributed by atoms with Crippen molar-refractivity contribution in [2.24, 2.45) is 5.92 Å². The molecule has 0 aromatic heterocycles. The molecular formula is C18H25NO3S. The van der Waals surface area contributed by atoms with Gasteiger partial charge >= 0.3 is 0 Å². The lowest BCUT2D eigenvalue weighted by Gasteiger charge is -2.25. The summed E-state index contributed by atoms with van der Waals surface area (Å²) in [6.45, 7) is 0.232. The van der Waals surface area contributed by atoms with Crippen LogP contribution >= 0.6 is 0 Å². The Morgan fingerprint density at radius 3 is 2.61 bits per heavy atom. The summed E-state index contributed by atoms with van der Waals surface area (Å²) >= 11 is 0. The van der Waals surface area contributed by atoms with Gasteiger partial charge < -0.3 is 5.32 Å². The second kappa shape index (κ2) is 7.04. The fraction of sp³-hybridized carbons (Fsp3) is 0.611. The van der Waals surface area contributed by atoms with Crippen molar-refractivity contribution >= 4 is 15.7 Å². The third-order valence-electron chi connectivity index (χ3n) is 5.16. The summed E-state index contributed by atoms with van der Waals surface area (Å²) in [6, 6.07) is 7.84. The highest BCUT2D eigenvalue weighted by atomic mass is 32.2. The number of fused-ring (bicyclic) bond motifs is 1. The maximum Gasteiger partial charge on any atom is 0.223 e. The smallest absolute Gasteiger partial charge is 0.223 e. The fourth-order valence-electron chi connectivity index (χ4n) is 3.87. The van der Waals surface area contributed by atoms with Crippen molar-refractivity contribution in [1.82, 2.24) is 5.32 Å². The van der Waals surface area contributed by atoms with Crippen molar-refractivity contribution in [2.45, 2.75) is 50.2 Å². The van der Waals surface area contributed by atoms with Crippen LogP contribution in [0.2, 0.25) is 0 Å². The molecule has 1 amide bonds. The van der Waals surface area contributed by atoms with E-state index in [2.05, 4.69) is 5.32 Å². The maximum absolute atomic E-state index is 12.7. The molecule has 3 rings (SSSR count). The van der Waals surface area contributed by atoms with Gasteiger partial charge in [-0.25, -0.2) is 8.42 Å². The molecule has 1 saturated carbocycles. The van der Waals surface area contributed by atoms with Crippen LogP contribution in [0.5, 0.6) is 0 Å². The zero-order valence-electron chi connectivity index (χ0n) is 13.5. The Bertz CT molecular complexity index is 663. The minimum atomic E-state index is -3.23. The van der Waals surface area contributed by atoms with Gasteiger partial charge in [0.1, 0.15) is 0 Å². The van der Waals surface area contributed by atoms with E-state index in [4.69, 9.17) is 0 Å². The summed E-state index contributed by atoms with van der Waals surface area (Å²) in [6.07, 6.45) is 6.65. The molecule has 4 nitrogen and oxygen atoms in total. The van der Waals surface area contributed by atoms with Crippen molar-refractivity contribution in [2.75, 3.05) is 12.3 Å². The molecule has 5 heteroatoms. The standard InChI is InChI=1S/C18H25NO3S/c20-18(15-7-1-2-8-15)19-12-13-23(21,22)17-11-5-9-14-6-3-4-10-16(14)17/h3-4,6,10,15,17H,1-2,5,7-9,11-13H2,(H,19,20)/t17-/m1/s1. The van der Waals surface area contributed by atoms with Gasteiger partial charge in [-0.1, -0.05) is 37.1 Å².